The first-order chi connectivity index (χ1) is 42.0. The lowest BCUT2D eigenvalue weighted by atomic mass is 9.72. The maximum absolute atomic E-state index is 15.2. The summed E-state index contributed by atoms with van der Waals surface area (Å²) in [6.45, 7) is 12.0. The number of ketones is 2. The van der Waals surface area contributed by atoms with Gasteiger partial charge in [0.2, 0.25) is 12.1 Å². The first-order valence-electron chi connectivity index (χ1n) is 30.2. The number of phenolic OH excluding ortho intramolecular Hbond substituents is 2. The Bertz CT molecular complexity index is 3160. The van der Waals surface area contributed by atoms with E-state index in [1.54, 1.807) is 53.9 Å². The second-order valence-corrected chi connectivity index (χ2v) is 26.5. The Kier molecular flexibility index (Phi) is 18.4. The zero-order valence-corrected chi connectivity index (χ0v) is 52.4. The van der Waals surface area contributed by atoms with Crippen LogP contribution in [-0.4, -0.2) is 236 Å². The van der Waals surface area contributed by atoms with Crippen LogP contribution in [0.4, 0.5) is 0 Å². The molecule has 6 N–H and O–H groups in total. The standard InChI is InChI=1S/C60H82N4O26/c1-24-45(68)31(61(9)10)18-36(80-24)84-33-21-57(5,74)20-29-40(33)48(71)42-43(47(29)70)49(72)41-28(46(42)69)14-15-30-52(41)89-56-50(73)44(62(11)12)55(60(30,8)90-56)88-39-23-59(7,64(77)78)54(27(4)83-39)87-38-22-58(6,63(75)76)53(26(3)82-38)86-37-19-32(79-13)51(25(2)81-37)85-35(67)17-16-34(65)66/h14-15,24-27,31-33,36-39,44-45,50-51,53-56,68,70-71,73-74H,16-23H2,1-13H3,(H,65,66). The molecule has 0 spiro atoms. The van der Waals surface area contributed by atoms with Gasteiger partial charge >= 0.3 is 11.9 Å². The predicted molar refractivity (Wildman–Crippen MR) is 304 cm³/mol. The third-order valence-electron chi connectivity index (χ3n) is 19.5. The molecule has 0 amide bonds. The number of phenols is 2. The molecule has 5 saturated heterocycles. The number of aliphatic hydroxyl groups excluding tert-OH is 2. The molecule has 0 aromatic heterocycles. The van der Waals surface area contributed by atoms with E-state index in [1.807, 2.05) is 4.90 Å². The number of carboxylic acids is 1. The first-order valence-corrected chi connectivity index (χ1v) is 30.2. The van der Waals surface area contributed by atoms with Gasteiger partial charge < -0.3 is 97.3 Å². The highest BCUT2D eigenvalue weighted by atomic mass is 16.8. The maximum atomic E-state index is 15.2. The van der Waals surface area contributed by atoms with Gasteiger partial charge in [-0.3, -0.25) is 39.4 Å². The van der Waals surface area contributed by atoms with E-state index in [0.29, 0.717) is 0 Å². The third-order valence-corrected chi connectivity index (χ3v) is 19.5. The van der Waals surface area contributed by atoms with E-state index < -0.39 is 221 Å². The quantitative estimate of drug-likeness (QED) is 0.0490. The third kappa shape index (κ3) is 11.7. The fourth-order valence-electron chi connectivity index (χ4n) is 14.7. The van der Waals surface area contributed by atoms with Crippen molar-refractivity contribution in [1.82, 2.24) is 9.80 Å². The molecule has 2 aromatic rings. The summed E-state index contributed by atoms with van der Waals surface area (Å²) in [4.78, 5) is 82.6. The lowest BCUT2D eigenvalue weighted by Crippen LogP contribution is -2.70. The average Bonchev–Trinajstić information content (AvgIpc) is 0.700. The van der Waals surface area contributed by atoms with E-state index in [4.69, 9.17) is 61.9 Å². The van der Waals surface area contributed by atoms with Gasteiger partial charge in [0.15, 0.2) is 49.3 Å². The zero-order valence-electron chi connectivity index (χ0n) is 52.4. The number of ether oxygens (including phenoxy) is 12. The molecule has 6 heterocycles. The Morgan fingerprint density at radius 2 is 1.26 bits per heavy atom. The van der Waals surface area contributed by atoms with E-state index in [9.17, 15) is 60.1 Å². The second-order valence-electron chi connectivity index (χ2n) is 26.5. The van der Waals surface area contributed by atoms with Gasteiger partial charge in [0.1, 0.15) is 41.2 Å². The van der Waals surface area contributed by atoms with Gasteiger partial charge in [0.05, 0.1) is 90.6 Å². The summed E-state index contributed by atoms with van der Waals surface area (Å²) in [7, 11) is 8.25. The Morgan fingerprint density at radius 3 is 1.82 bits per heavy atom. The monoisotopic (exact) mass is 1270 g/mol. The van der Waals surface area contributed by atoms with Gasteiger partial charge in [-0.2, -0.15) is 0 Å². The molecule has 30 nitrogen and oxygen atoms in total. The number of methoxy groups -OCH3 is 1. The van der Waals surface area contributed by atoms with Crippen LogP contribution in [0.1, 0.15) is 155 Å². The van der Waals surface area contributed by atoms with E-state index in [0.717, 1.165) is 0 Å². The van der Waals surface area contributed by atoms with Crippen LogP contribution in [-0.2, 0) is 73.7 Å². The van der Waals surface area contributed by atoms with Crippen molar-refractivity contribution in [3.8, 4) is 17.2 Å². The molecule has 498 valence electrons. The summed E-state index contributed by atoms with van der Waals surface area (Å²) in [6.07, 6.45) is -21.9. The molecule has 0 saturated carbocycles. The summed E-state index contributed by atoms with van der Waals surface area (Å²) >= 11 is 0. The van der Waals surface area contributed by atoms with Gasteiger partial charge in [0, 0.05) is 84.8 Å². The molecule has 5 fully saturated rings. The molecule has 8 aliphatic rings. The number of nitro groups is 2. The predicted octanol–water partition coefficient (Wildman–Crippen LogP) is 2.73. The Balaban J connectivity index is 0.894. The highest BCUT2D eigenvalue weighted by Gasteiger charge is 2.65. The second kappa shape index (κ2) is 24.7. The van der Waals surface area contributed by atoms with Gasteiger partial charge in [-0.05, 0) is 75.8 Å². The van der Waals surface area contributed by atoms with Crippen LogP contribution in [0.2, 0.25) is 0 Å². The van der Waals surface area contributed by atoms with Crippen molar-refractivity contribution >= 4 is 23.5 Å². The van der Waals surface area contributed by atoms with Crippen LogP contribution >= 0.6 is 0 Å². The molecule has 23 atom stereocenters. The number of nitrogens with zero attached hydrogens (tertiary/aromatic N) is 4. The van der Waals surface area contributed by atoms with Crippen LogP contribution < -0.4 is 4.74 Å². The number of rotatable bonds is 17. The number of esters is 1. The molecule has 2 bridgehead atoms. The smallest absolute Gasteiger partial charge is 0.306 e. The lowest BCUT2D eigenvalue weighted by Gasteiger charge is -2.56. The number of aromatic hydroxyl groups is 2. The molecular formula is C60H82N4O26. The molecule has 10 rings (SSSR count). The molecule has 0 radical (unpaired) electrons. The number of fused-ring (bicyclic) bond motifs is 8. The fourth-order valence-corrected chi connectivity index (χ4v) is 14.7. The topological polar surface area (TPSA) is 393 Å². The Hall–Kier alpha value is -5.68. The minimum absolute atomic E-state index is 0.0196. The number of carbonyl (C=O) groups is 4. The number of benzene rings is 2. The Labute approximate surface area is 518 Å². The van der Waals surface area contributed by atoms with Crippen LogP contribution in [0.5, 0.6) is 17.2 Å². The van der Waals surface area contributed by atoms with Crippen LogP contribution in [0, 0.1) is 20.2 Å². The molecular weight excluding hydrogens is 1190 g/mol. The van der Waals surface area contributed by atoms with E-state index in [-0.39, 0.29) is 59.3 Å². The number of hydrogen-bond donors (Lipinski definition) is 6. The van der Waals surface area contributed by atoms with Gasteiger partial charge in [-0.15, -0.1) is 0 Å². The highest BCUT2D eigenvalue weighted by molar-refractivity contribution is 6.31. The van der Waals surface area contributed by atoms with E-state index in [1.165, 1.54) is 53.9 Å². The number of hydrogen-bond acceptors (Lipinski definition) is 27. The molecule has 90 heavy (non-hydrogen) atoms. The van der Waals surface area contributed by atoms with Crippen molar-refractivity contribution in [3.05, 3.63) is 71.3 Å². The van der Waals surface area contributed by atoms with Crippen molar-refractivity contribution in [3.63, 3.8) is 0 Å². The lowest BCUT2D eigenvalue weighted by molar-refractivity contribution is -0.610. The Morgan fingerprint density at radius 1 is 0.700 bits per heavy atom. The minimum Gasteiger partial charge on any atom is -0.507 e. The van der Waals surface area contributed by atoms with Gasteiger partial charge in [0.25, 0.3) is 11.1 Å². The van der Waals surface area contributed by atoms with Gasteiger partial charge in [-0.25, -0.2) is 0 Å². The van der Waals surface area contributed by atoms with E-state index >= 15 is 4.79 Å². The van der Waals surface area contributed by atoms with Crippen molar-refractivity contribution in [2.45, 2.75) is 246 Å². The molecule has 2 aliphatic carbocycles. The van der Waals surface area contributed by atoms with Crippen LogP contribution in [0.3, 0.4) is 0 Å². The largest absolute Gasteiger partial charge is 0.507 e. The zero-order chi connectivity index (χ0) is 65.9. The SMILES string of the molecule is COC1CC(OC2C(C)OC(OC3C(C)OC(OC4C(N(C)C)C(O)C5Oc6c(ccc7c6C(=O)c6c(O)c8c(c(O)c6C7=O)C(OC6CC(N(C)C)C(O)C(C)O6)CC(C)(O)C8)C4(C)O5)CC3(C)[N+](=O)[O-])CC2(C)[N+](=O)[O-])OC(C)C1OC(=O)CCC(=O)O. The number of aliphatic carboxylic acids is 1. The van der Waals surface area contributed by atoms with Crippen molar-refractivity contribution < 1.29 is 117 Å². The summed E-state index contributed by atoms with van der Waals surface area (Å²) < 4.78 is 74.7. The van der Waals surface area contributed by atoms with E-state index in [2.05, 4.69) is 0 Å². The van der Waals surface area contributed by atoms with Gasteiger partial charge in [-0.1, -0.05) is 6.07 Å². The van der Waals surface area contributed by atoms with Crippen molar-refractivity contribution in [2.75, 3.05) is 35.3 Å². The summed E-state index contributed by atoms with van der Waals surface area (Å²) in [6, 6.07) is 1.39. The normalized spacial score (nSPS) is 40.6. The molecule has 30 heteroatoms. The fraction of sp³-hybridized carbons (Fsp3) is 0.733. The van der Waals surface area contributed by atoms with Crippen LogP contribution in [0.15, 0.2) is 12.1 Å². The number of aliphatic hydroxyl groups is 3. The number of carbonyl (C=O) groups excluding carboxylic acids is 3. The summed E-state index contributed by atoms with van der Waals surface area (Å²) in [5, 5.41) is 94.8. The number of likely N-dealkylation sites (N-methyl/N-ethyl adjacent to an activating group) is 2. The maximum Gasteiger partial charge on any atom is 0.306 e. The highest BCUT2D eigenvalue weighted by Crippen LogP contribution is 2.56. The summed E-state index contributed by atoms with van der Waals surface area (Å²) in [5.74, 6) is -5.35. The minimum atomic E-state index is -2.06. The molecule has 23 unspecified atom stereocenters. The van der Waals surface area contributed by atoms with Crippen molar-refractivity contribution in [1.29, 1.82) is 0 Å². The van der Waals surface area contributed by atoms with Crippen LogP contribution in [0.25, 0.3) is 0 Å². The number of carboxylic acid groups (broad SMARTS) is 1. The first kappa shape index (κ1) is 67.2. The molecule has 2 aromatic carbocycles. The van der Waals surface area contributed by atoms with Crippen molar-refractivity contribution in [2.24, 2.45) is 0 Å². The summed E-state index contributed by atoms with van der Waals surface area (Å²) in [5.41, 5.74) is -8.90. The molecule has 6 aliphatic heterocycles. The average molecular weight is 1280 g/mol.